The van der Waals surface area contributed by atoms with Crippen LogP contribution in [0.3, 0.4) is 0 Å². The molecule has 0 aliphatic carbocycles. The third-order valence-corrected chi connectivity index (χ3v) is 5.19. The summed E-state index contributed by atoms with van der Waals surface area (Å²) in [5.41, 5.74) is 0.434. The number of carbonyl (C=O) groups excluding carboxylic acids is 1. The van der Waals surface area contributed by atoms with Crippen molar-refractivity contribution in [1.82, 2.24) is 24.9 Å². The first-order chi connectivity index (χ1) is 13.8. The molecule has 0 aliphatic heterocycles. The molecule has 11 heteroatoms. The molecular formula is C18H20N6O4S. The summed E-state index contributed by atoms with van der Waals surface area (Å²) in [4.78, 5) is 24.6. The summed E-state index contributed by atoms with van der Waals surface area (Å²) in [6.07, 6.45) is 3.75. The fourth-order valence-corrected chi connectivity index (χ4v) is 3.17. The van der Waals surface area contributed by atoms with Crippen LogP contribution in [0.25, 0.3) is 5.82 Å². The fraction of sp³-hybridized carbons (Fsp3) is 0.222. The molecule has 0 radical (unpaired) electrons. The molecule has 3 rings (SSSR count). The molecule has 2 heterocycles. The van der Waals surface area contributed by atoms with E-state index in [4.69, 9.17) is 5.14 Å². The van der Waals surface area contributed by atoms with Gasteiger partial charge in [0.2, 0.25) is 15.9 Å². The molecule has 152 valence electrons. The van der Waals surface area contributed by atoms with Crippen molar-refractivity contribution in [2.45, 2.75) is 24.3 Å². The van der Waals surface area contributed by atoms with Crippen LogP contribution in [-0.2, 0) is 21.2 Å². The fourth-order valence-electron chi connectivity index (χ4n) is 2.65. The standard InChI is InChI=1S/C18H20N6O4S/c1-13(24-17(25)8-7-16(22-24)23-12-2-10-21-23)18(26)20-11-9-14-3-5-15(6-4-14)29(19,27)28/h2-8,10,12-13H,9,11H2,1H3,(H,20,26)(H2,19,27,28). The van der Waals surface area contributed by atoms with Crippen LogP contribution < -0.4 is 16.0 Å². The van der Waals surface area contributed by atoms with Gasteiger partial charge in [0, 0.05) is 25.0 Å². The Morgan fingerprint density at radius 2 is 1.93 bits per heavy atom. The first-order valence-corrected chi connectivity index (χ1v) is 10.3. The Morgan fingerprint density at radius 3 is 2.55 bits per heavy atom. The maximum atomic E-state index is 12.4. The normalized spacial score (nSPS) is 12.5. The van der Waals surface area contributed by atoms with Crippen molar-refractivity contribution in [3.8, 4) is 5.82 Å². The van der Waals surface area contributed by atoms with Crippen LogP contribution in [0.5, 0.6) is 0 Å². The number of nitrogens with one attached hydrogen (secondary N) is 1. The lowest BCUT2D eigenvalue weighted by Crippen LogP contribution is -2.38. The Bertz CT molecular complexity index is 1150. The number of hydrogen-bond acceptors (Lipinski definition) is 6. The van der Waals surface area contributed by atoms with Gasteiger partial charge >= 0.3 is 0 Å². The second kappa shape index (κ2) is 8.37. The van der Waals surface area contributed by atoms with E-state index in [1.807, 2.05) is 0 Å². The number of rotatable bonds is 7. The zero-order valence-corrected chi connectivity index (χ0v) is 16.4. The Labute approximate surface area is 167 Å². The molecule has 0 bridgehead atoms. The summed E-state index contributed by atoms with van der Waals surface area (Å²) in [5.74, 6) is 0.0579. The van der Waals surface area contributed by atoms with E-state index in [1.54, 1.807) is 37.5 Å². The van der Waals surface area contributed by atoms with E-state index < -0.39 is 21.6 Å². The van der Waals surface area contributed by atoms with Crippen molar-refractivity contribution in [3.05, 3.63) is 70.8 Å². The zero-order valence-electron chi connectivity index (χ0n) is 15.6. The minimum atomic E-state index is -3.73. The number of sulfonamides is 1. The molecule has 1 unspecified atom stereocenters. The van der Waals surface area contributed by atoms with Crippen LogP contribution in [0.2, 0.25) is 0 Å². The largest absolute Gasteiger partial charge is 0.354 e. The second-order valence-electron chi connectivity index (χ2n) is 6.33. The van der Waals surface area contributed by atoms with Gasteiger partial charge in [-0.2, -0.15) is 5.10 Å². The number of benzene rings is 1. The Kier molecular flexibility index (Phi) is 5.89. The molecule has 0 aliphatic rings. The summed E-state index contributed by atoms with van der Waals surface area (Å²) in [6, 6.07) is 9.87. The van der Waals surface area contributed by atoms with Gasteiger partial charge in [0.1, 0.15) is 6.04 Å². The van der Waals surface area contributed by atoms with Gasteiger partial charge in [-0.3, -0.25) is 9.59 Å². The maximum absolute atomic E-state index is 12.4. The van der Waals surface area contributed by atoms with Crippen LogP contribution in [0, 0.1) is 0 Å². The van der Waals surface area contributed by atoms with Gasteiger partial charge in [-0.25, -0.2) is 22.9 Å². The highest BCUT2D eigenvalue weighted by atomic mass is 32.2. The predicted octanol–water partition coefficient (Wildman–Crippen LogP) is -0.00370. The number of amides is 1. The van der Waals surface area contributed by atoms with Gasteiger partial charge in [0.05, 0.1) is 4.90 Å². The molecule has 1 atom stereocenters. The minimum absolute atomic E-state index is 0.0291. The molecule has 0 saturated carbocycles. The van der Waals surface area contributed by atoms with Gasteiger partial charge in [0.25, 0.3) is 5.56 Å². The molecule has 1 amide bonds. The van der Waals surface area contributed by atoms with Crippen LogP contribution >= 0.6 is 0 Å². The van der Waals surface area contributed by atoms with E-state index in [9.17, 15) is 18.0 Å². The molecule has 0 saturated heterocycles. The van der Waals surface area contributed by atoms with Crippen LogP contribution in [0.1, 0.15) is 18.5 Å². The third kappa shape index (κ3) is 4.95. The number of nitrogens with zero attached hydrogens (tertiary/aromatic N) is 4. The lowest BCUT2D eigenvalue weighted by atomic mass is 10.1. The van der Waals surface area contributed by atoms with Crippen LogP contribution in [0.4, 0.5) is 0 Å². The average molecular weight is 416 g/mol. The van der Waals surface area contributed by atoms with Crippen LogP contribution in [-0.4, -0.2) is 40.4 Å². The van der Waals surface area contributed by atoms with Gasteiger partial charge < -0.3 is 5.32 Å². The Morgan fingerprint density at radius 1 is 1.21 bits per heavy atom. The number of primary sulfonamides is 1. The van der Waals surface area contributed by atoms with Crippen LogP contribution in [0.15, 0.2) is 64.5 Å². The molecule has 0 spiro atoms. The minimum Gasteiger partial charge on any atom is -0.354 e. The summed E-state index contributed by atoms with van der Waals surface area (Å²) in [6.45, 7) is 1.89. The van der Waals surface area contributed by atoms with Gasteiger partial charge in [-0.05, 0) is 43.2 Å². The molecule has 29 heavy (non-hydrogen) atoms. The topological polar surface area (TPSA) is 142 Å². The van der Waals surface area contributed by atoms with Crippen molar-refractivity contribution < 1.29 is 13.2 Å². The van der Waals surface area contributed by atoms with E-state index in [-0.39, 0.29) is 10.8 Å². The van der Waals surface area contributed by atoms with Crippen molar-refractivity contribution in [1.29, 1.82) is 0 Å². The van der Waals surface area contributed by atoms with Gasteiger partial charge in [0.15, 0.2) is 5.82 Å². The predicted molar refractivity (Wildman–Crippen MR) is 105 cm³/mol. The highest BCUT2D eigenvalue weighted by Crippen LogP contribution is 2.09. The first-order valence-electron chi connectivity index (χ1n) is 8.75. The Hall–Kier alpha value is -3.31. The molecule has 10 nitrogen and oxygen atoms in total. The molecule has 3 aromatic rings. The average Bonchev–Trinajstić information content (AvgIpc) is 3.22. The summed E-state index contributed by atoms with van der Waals surface area (Å²) >= 11 is 0. The van der Waals surface area contributed by atoms with Crippen molar-refractivity contribution in [2.24, 2.45) is 5.14 Å². The summed E-state index contributed by atoms with van der Waals surface area (Å²) in [7, 11) is -3.73. The second-order valence-corrected chi connectivity index (χ2v) is 7.89. The quantitative estimate of drug-likeness (QED) is 0.555. The van der Waals surface area contributed by atoms with E-state index in [1.165, 1.54) is 28.9 Å². The number of hydrogen-bond donors (Lipinski definition) is 2. The van der Waals surface area contributed by atoms with Crippen molar-refractivity contribution in [3.63, 3.8) is 0 Å². The first kappa shape index (κ1) is 20.4. The van der Waals surface area contributed by atoms with E-state index in [0.29, 0.717) is 18.8 Å². The van der Waals surface area contributed by atoms with E-state index >= 15 is 0 Å². The highest BCUT2D eigenvalue weighted by molar-refractivity contribution is 7.89. The van der Waals surface area contributed by atoms with E-state index in [2.05, 4.69) is 15.5 Å². The smallest absolute Gasteiger partial charge is 0.267 e. The monoisotopic (exact) mass is 416 g/mol. The summed E-state index contributed by atoms with van der Waals surface area (Å²) < 4.78 is 25.1. The lowest BCUT2D eigenvalue weighted by Gasteiger charge is -2.15. The molecule has 0 fully saturated rings. The lowest BCUT2D eigenvalue weighted by molar-refractivity contribution is -0.124. The number of aromatic nitrogens is 4. The number of nitrogens with two attached hydrogens (primary N) is 1. The molecule has 3 N–H and O–H groups in total. The van der Waals surface area contributed by atoms with Crippen molar-refractivity contribution in [2.75, 3.05) is 6.54 Å². The zero-order chi connectivity index (χ0) is 21.0. The van der Waals surface area contributed by atoms with E-state index in [0.717, 1.165) is 10.2 Å². The molecule has 1 aromatic carbocycles. The van der Waals surface area contributed by atoms with Gasteiger partial charge in [-0.15, -0.1) is 5.10 Å². The maximum Gasteiger partial charge on any atom is 0.267 e. The summed E-state index contributed by atoms with van der Waals surface area (Å²) in [5, 5.41) is 16.1. The molecule has 2 aromatic heterocycles. The number of carbonyl (C=O) groups is 1. The van der Waals surface area contributed by atoms with Crippen molar-refractivity contribution >= 4 is 15.9 Å². The van der Waals surface area contributed by atoms with Gasteiger partial charge in [-0.1, -0.05) is 12.1 Å². The molecular weight excluding hydrogens is 396 g/mol. The third-order valence-electron chi connectivity index (χ3n) is 4.26. The SMILES string of the molecule is CC(C(=O)NCCc1ccc(S(N)(=O)=O)cc1)n1nc(-n2cccn2)ccc1=O. The highest BCUT2D eigenvalue weighted by Gasteiger charge is 2.18. The Balaban J connectivity index is 1.62.